The zero-order valence-corrected chi connectivity index (χ0v) is 11.2. The minimum atomic E-state index is -1.21. The van der Waals surface area contributed by atoms with Crippen LogP contribution in [0.2, 0.25) is 0 Å². The third-order valence-corrected chi connectivity index (χ3v) is 4.79. The van der Waals surface area contributed by atoms with Gasteiger partial charge in [-0.15, -0.1) is 11.8 Å². The van der Waals surface area contributed by atoms with Gasteiger partial charge in [-0.25, -0.2) is 0 Å². The minimum absolute atomic E-state index is 0.0517. The third-order valence-electron chi connectivity index (χ3n) is 3.60. The van der Waals surface area contributed by atoms with E-state index in [1.54, 1.807) is 0 Å². The van der Waals surface area contributed by atoms with E-state index in [4.69, 9.17) is 10.5 Å². The highest BCUT2D eigenvalue weighted by Crippen LogP contribution is 2.32. The maximum Gasteiger partial charge on any atom is 0.132 e. The molecule has 1 saturated heterocycles. The van der Waals surface area contributed by atoms with E-state index in [-0.39, 0.29) is 5.92 Å². The lowest BCUT2D eigenvalue weighted by molar-refractivity contribution is -0.204. The zero-order chi connectivity index (χ0) is 13.3. The van der Waals surface area contributed by atoms with Crippen LogP contribution in [0.1, 0.15) is 13.3 Å². The number of ether oxygens (including phenoxy) is 1. The van der Waals surface area contributed by atoms with Gasteiger partial charge in [0.1, 0.15) is 29.9 Å². The lowest BCUT2D eigenvalue weighted by Crippen LogP contribution is -2.62. The molecule has 2 bridgehead atoms. The maximum absolute atomic E-state index is 9.98. The molecule has 2 aliphatic heterocycles. The largest absolute Gasteiger partial charge is 0.388 e. The van der Waals surface area contributed by atoms with Gasteiger partial charge in [-0.05, 0) is 18.1 Å². The number of nitrogens with two attached hydrogens (primary N) is 1. The first-order valence-electron chi connectivity index (χ1n) is 6.26. The van der Waals surface area contributed by atoms with E-state index in [0.29, 0.717) is 0 Å². The average molecular weight is 275 g/mol. The number of aliphatic hydroxyl groups excluding tert-OH is 3. The van der Waals surface area contributed by atoms with Crippen LogP contribution in [0.4, 0.5) is 0 Å². The van der Waals surface area contributed by atoms with Gasteiger partial charge in [-0.1, -0.05) is 19.1 Å². The lowest BCUT2D eigenvalue weighted by Gasteiger charge is -2.43. The number of thioether (sulfide) groups is 1. The first-order valence-corrected chi connectivity index (χ1v) is 7.30. The van der Waals surface area contributed by atoms with Crippen LogP contribution >= 0.6 is 11.8 Å². The monoisotopic (exact) mass is 275 g/mol. The van der Waals surface area contributed by atoms with Crippen molar-refractivity contribution < 1.29 is 20.1 Å². The van der Waals surface area contributed by atoms with Gasteiger partial charge in [-0.2, -0.15) is 0 Å². The topological polar surface area (TPSA) is 95.9 Å². The predicted octanol–water partition coefficient (Wildman–Crippen LogP) is -0.550. The standard InChI is InChI=1S/C12H21NO4S/c1-6-4-2-3-5-18-12-10(16)8(14)9(15)11(17-12)7(6)13/h2,4,6-12,14-16H,3,5,13H2,1H3/b4-2-/t6-,7-,8?,9?,10?,11?,12?/m1/s1. The highest BCUT2D eigenvalue weighted by Gasteiger charge is 2.46. The summed E-state index contributed by atoms with van der Waals surface area (Å²) in [5.41, 5.74) is 5.55. The summed E-state index contributed by atoms with van der Waals surface area (Å²) in [5.74, 6) is 0.853. The molecule has 0 aromatic rings. The van der Waals surface area contributed by atoms with Crippen molar-refractivity contribution in [2.24, 2.45) is 11.7 Å². The summed E-state index contributed by atoms with van der Waals surface area (Å²) in [7, 11) is 0. The molecule has 0 amide bonds. The molecule has 104 valence electrons. The summed E-state index contributed by atoms with van der Waals surface area (Å²) < 4.78 is 5.68. The van der Waals surface area contributed by atoms with Crippen LogP contribution in [0.25, 0.3) is 0 Å². The van der Waals surface area contributed by atoms with Crippen LogP contribution in [-0.2, 0) is 4.74 Å². The summed E-state index contributed by atoms with van der Waals surface area (Å²) in [6.07, 6.45) is 0.862. The first kappa shape index (κ1) is 14.3. The first-order chi connectivity index (χ1) is 8.52. The number of hydrogen-bond donors (Lipinski definition) is 4. The van der Waals surface area contributed by atoms with Crippen molar-refractivity contribution >= 4 is 11.8 Å². The van der Waals surface area contributed by atoms with Gasteiger partial charge in [0.2, 0.25) is 0 Å². The van der Waals surface area contributed by atoms with E-state index in [9.17, 15) is 15.3 Å². The van der Waals surface area contributed by atoms with Crippen LogP contribution in [0.5, 0.6) is 0 Å². The lowest BCUT2D eigenvalue weighted by atomic mass is 9.88. The van der Waals surface area contributed by atoms with E-state index >= 15 is 0 Å². The molecule has 2 heterocycles. The van der Waals surface area contributed by atoms with E-state index in [0.717, 1.165) is 12.2 Å². The van der Waals surface area contributed by atoms with Crippen LogP contribution in [0, 0.1) is 5.92 Å². The Morgan fingerprint density at radius 2 is 1.94 bits per heavy atom. The van der Waals surface area contributed by atoms with E-state index in [1.807, 2.05) is 13.0 Å². The Bertz CT molecular complexity index is 314. The Hall–Kier alpha value is -0.110. The number of aliphatic hydroxyl groups is 3. The third kappa shape index (κ3) is 2.74. The van der Waals surface area contributed by atoms with Gasteiger partial charge in [0.15, 0.2) is 0 Å². The molecule has 0 radical (unpaired) electrons. The second-order valence-electron chi connectivity index (χ2n) is 4.96. The molecular formula is C12H21NO4S. The molecule has 18 heavy (non-hydrogen) atoms. The normalized spacial score (nSPS) is 51.7. The molecule has 5 nitrogen and oxygen atoms in total. The SMILES string of the molecule is C[C@@H]1/C=C\CCSC2OC(C(O)C(O)C2O)[C@@H]1N. The van der Waals surface area contributed by atoms with Crippen molar-refractivity contribution in [1.82, 2.24) is 0 Å². The van der Waals surface area contributed by atoms with Gasteiger partial charge in [-0.3, -0.25) is 0 Å². The molecule has 7 atom stereocenters. The number of allylic oxidation sites excluding steroid dienone is 1. The van der Waals surface area contributed by atoms with Crippen molar-refractivity contribution in [3.05, 3.63) is 12.2 Å². The van der Waals surface area contributed by atoms with Crippen LogP contribution in [0.3, 0.4) is 0 Å². The molecule has 1 fully saturated rings. The average Bonchev–Trinajstić information content (AvgIpc) is 2.36. The summed E-state index contributed by atoms with van der Waals surface area (Å²) in [4.78, 5) is 0. The van der Waals surface area contributed by atoms with Gasteiger partial charge < -0.3 is 25.8 Å². The van der Waals surface area contributed by atoms with Crippen molar-refractivity contribution in [3.63, 3.8) is 0 Å². The van der Waals surface area contributed by atoms with Crippen molar-refractivity contribution in [2.45, 2.75) is 49.2 Å². The molecule has 0 aromatic heterocycles. The van der Waals surface area contributed by atoms with E-state index < -0.39 is 35.9 Å². The fourth-order valence-corrected chi connectivity index (χ4v) is 3.39. The summed E-state index contributed by atoms with van der Waals surface area (Å²) in [5, 5.41) is 29.7. The Balaban J connectivity index is 2.22. The smallest absolute Gasteiger partial charge is 0.132 e. The molecule has 6 heteroatoms. The van der Waals surface area contributed by atoms with Gasteiger partial charge in [0.25, 0.3) is 0 Å². The molecule has 0 spiro atoms. The molecular weight excluding hydrogens is 254 g/mol. The fraction of sp³-hybridized carbons (Fsp3) is 0.833. The van der Waals surface area contributed by atoms with Crippen molar-refractivity contribution in [1.29, 1.82) is 0 Å². The molecule has 0 saturated carbocycles. The van der Waals surface area contributed by atoms with Crippen molar-refractivity contribution in [3.8, 4) is 0 Å². The quantitative estimate of drug-likeness (QED) is 0.443. The molecule has 2 aliphatic rings. The second-order valence-corrected chi connectivity index (χ2v) is 6.17. The zero-order valence-electron chi connectivity index (χ0n) is 10.3. The van der Waals surface area contributed by atoms with Crippen LogP contribution < -0.4 is 5.73 Å². The molecule has 2 rings (SSSR count). The summed E-state index contributed by atoms with van der Waals surface area (Å²) >= 11 is 1.44. The Labute approximate surface area is 111 Å². The summed E-state index contributed by atoms with van der Waals surface area (Å²) in [6.45, 7) is 1.96. The van der Waals surface area contributed by atoms with Gasteiger partial charge >= 0.3 is 0 Å². The Kier molecular flexibility index (Phi) is 4.69. The van der Waals surface area contributed by atoms with E-state index in [1.165, 1.54) is 11.8 Å². The van der Waals surface area contributed by atoms with Crippen LogP contribution in [-0.4, -0.2) is 57.0 Å². The van der Waals surface area contributed by atoms with Crippen LogP contribution in [0.15, 0.2) is 12.2 Å². The number of fused-ring (bicyclic) bond motifs is 2. The van der Waals surface area contributed by atoms with Gasteiger partial charge in [0, 0.05) is 6.04 Å². The van der Waals surface area contributed by atoms with Crippen molar-refractivity contribution in [2.75, 3.05) is 5.75 Å². The Morgan fingerprint density at radius 1 is 1.22 bits per heavy atom. The highest BCUT2D eigenvalue weighted by molar-refractivity contribution is 7.99. The minimum Gasteiger partial charge on any atom is -0.388 e. The summed E-state index contributed by atoms with van der Waals surface area (Å²) in [6, 6.07) is -0.403. The Morgan fingerprint density at radius 3 is 2.67 bits per heavy atom. The van der Waals surface area contributed by atoms with Gasteiger partial charge in [0.05, 0.1) is 0 Å². The van der Waals surface area contributed by atoms with E-state index in [2.05, 4.69) is 6.08 Å². The second kappa shape index (κ2) is 5.90. The fourth-order valence-electron chi connectivity index (χ4n) is 2.32. The molecule has 0 aliphatic carbocycles. The maximum atomic E-state index is 9.98. The predicted molar refractivity (Wildman–Crippen MR) is 70.0 cm³/mol. The highest BCUT2D eigenvalue weighted by atomic mass is 32.2. The molecule has 5 unspecified atom stereocenters. The molecule has 0 aromatic carbocycles. The number of hydrogen-bond acceptors (Lipinski definition) is 6. The molecule has 5 N–H and O–H groups in total. The number of rotatable bonds is 0.